The molecule has 0 aromatic carbocycles. The summed E-state index contributed by atoms with van der Waals surface area (Å²) in [5.41, 5.74) is 4.75. The number of hydrogen-bond donors (Lipinski definition) is 3. The maximum atomic E-state index is 13.2. The number of nitrogens with zero attached hydrogens (tertiary/aromatic N) is 1. The van der Waals surface area contributed by atoms with E-state index in [1.165, 1.54) is 4.90 Å². The van der Waals surface area contributed by atoms with Crippen molar-refractivity contribution < 1.29 is 29.0 Å². The Morgan fingerprint density at radius 3 is 2.46 bits per heavy atom. The number of alkyl halides is 2. The third-order valence-corrected chi connectivity index (χ3v) is 7.74. The van der Waals surface area contributed by atoms with E-state index < -0.39 is 45.9 Å². The molecule has 1 saturated carbocycles. The van der Waals surface area contributed by atoms with E-state index in [-0.39, 0.29) is 11.8 Å². The number of alkyl carbamates (subject to hydrolysis) is 1. The number of nitrogens with two attached hydrogens (primary N) is 1. The van der Waals surface area contributed by atoms with Gasteiger partial charge in [0.05, 0.1) is 5.92 Å². The fourth-order valence-corrected chi connectivity index (χ4v) is 5.52. The van der Waals surface area contributed by atoms with Crippen LogP contribution >= 0.6 is 23.2 Å². The van der Waals surface area contributed by atoms with E-state index >= 15 is 0 Å². The molecule has 4 N–H and O–H groups in total. The summed E-state index contributed by atoms with van der Waals surface area (Å²) in [4.78, 5) is 50.2. The Kier molecular flexibility index (Phi) is 10.5. The first-order chi connectivity index (χ1) is 16.2. The Morgan fingerprint density at radius 1 is 1.17 bits per heavy atom. The highest BCUT2D eigenvalue weighted by atomic mass is 35.5. The number of halogens is 2. The van der Waals surface area contributed by atoms with E-state index in [1.54, 1.807) is 20.8 Å². The van der Waals surface area contributed by atoms with E-state index in [0.717, 1.165) is 12.8 Å². The van der Waals surface area contributed by atoms with Crippen molar-refractivity contribution in [3.63, 3.8) is 0 Å². The first-order valence-corrected chi connectivity index (χ1v) is 13.2. The minimum Gasteiger partial charge on any atom is -0.481 e. The zero-order valence-electron chi connectivity index (χ0n) is 20.9. The predicted octanol–water partition coefficient (Wildman–Crippen LogP) is 3.98. The lowest BCUT2D eigenvalue weighted by molar-refractivity contribution is -0.143. The molecule has 1 unspecified atom stereocenters. The molecule has 200 valence electrons. The summed E-state index contributed by atoms with van der Waals surface area (Å²) in [5, 5.41) is 12.0. The molecule has 1 aliphatic carbocycles. The van der Waals surface area contributed by atoms with Gasteiger partial charge in [0.25, 0.3) is 0 Å². The molecule has 3 amide bonds. The van der Waals surface area contributed by atoms with Crippen molar-refractivity contribution in [2.24, 2.45) is 17.6 Å². The number of nitrogens with one attached hydrogen (secondary N) is 1. The molecule has 1 saturated heterocycles. The first kappa shape index (κ1) is 29.5. The lowest BCUT2D eigenvalue weighted by Crippen LogP contribution is -2.53. The molecule has 35 heavy (non-hydrogen) atoms. The summed E-state index contributed by atoms with van der Waals surface area (Å²) in [5.74, 6) is -2.24. The molecule has 0 spiro atoms. The second-order valence-electron chi connectivity index (χ2n) is 10.7. The van der Waals surface area contributed by atoms with Gasteiger partial charge in [-0.3, -0.25) is 14.4 Å². The fourth-order valence-electron chi connectivity index (χ4n) is 4.91. The Labute approximate surface area is 217 Å². The summed E-state index contributed by atoms with van der Waals surface area (Å²) in [6, 6.07) is -1.50. The molecular weight excluding hydrogens is 497 g/mol. The number of carboxylic acid groups (broad SMARTS) is 1. The fraction of sp³-hybridized carbons (Fsp3) is 0.833. The summed E-state index contributed by atoms with van der Waals surface area (Å²) in [7, 11) is 0. The van der Waals surface area contributed by atoms with Gasteiger partial charge >= 0.3 is 12.1 Å². The lowest BCUT2D eigenvalue weighted by Gasteiger charge is -2.37. The van der Waals surface area contributed by atoms with Gasteiger partial charge in [0.2, 0.25) is 11.8 Å². The minimum absolute atomic E-state index is 0.112. The van der Waals surface area contributed by atoms with E-state index in [4.69, 9.17) is 33.7 Å². The summed E-state index contributed by atoms with van der Waals surface area (Å²) in [6.45, 7) is 5.63. The minimum atomic E-state index is -0.928. The quantitative estimate of drug-likeness (QED) is 0.285. The second-order valence-corrected chi connectivity index (χ2v) is 12.2. The number of carbonyl (C=O) groups excluding carboxylic acids is 3. The first-order valence-electron chi connectivity index (χ1n) is 12.4. The van der Waals surface area contributed by atoms with Gasteiger partial charge in [-0.25, -0.2) is 4.79 Å². The highest BCUT2D eigenvalue weighted by Gasteiger charge is 2.42. The van der Waals surface area contributed by atoms with Crippen LogP contribution < -0.4 is 11.1 Å². The number of amides is 3. The predicted molar refractivity (Wildman–Crippen MR) is 133 cm³/mol. The summed E-state index contributed by atoms with van der Waals surface area (Å²) in [6.07, 6.45) is 5.07. The highest BCUT2D eigenvalue weighted by Crippen LogP contribution is 2.47. The number of carboxylic acids is 1. The van der Waals surface area contributed by atoms with Crippen molar-refractivity contribution in [1.29, 1.82) is 0 Å². The van der Waals surface area contributed by atoms with Crippen LogP contribution in [0.15, 0.2) is 0 Å². The monoisotopic (exact) mass is 535 g/mol. The third-order valence-electron chi connectivity index (χ3n) is 6.74. The standard InChI is InChI=1S/C24H39Cl2N3O6/c1-23(2,3)35-22(34)28-17(20(31)29-13-7-10-18(29)19(27)30)9-6-4-5-8-16-14-15(21(32)33)11-12-24(16,25)26/h15-18H,4-14H2,1-3H3,(H2,27,30)(H,28,34)(H,32,33)/t15-,16?,17-,18-/m0/s1. The van der Waals surface area contributed by atoms with Crippen LogP contribution in [0.4, 0.5) is 4.79 Å². The lowest BCUT2D eigenvalue weighted by atomic mass is 9.78. The van der Waals surface area contributed by atoms with Gasteiger partial charge in [-0.05, 0) is 71.6 Å². The molecule has 2 fully saturated rings. The van der Waals surface area contributed by atoms with Gasteiger partial charge in [-0.2, -0.15) is 0 Å². The van der Waals surface area contributed by atoms with Crippen molar-refractivity contribution in [1.82, 2.24) is 10.2 Å². The maximum Gasteiger partial charge on any atom is 0.408 e. The van der Waals surface area contributed by atoms with Crippen molar-refractivity contribution in [3.8, 4) is 0 Å². The summed E-state index contributed by atoms with van der Waals surface area (Å²) < 4.78 is 4.40. The average molecular weight is 536 g/mol. The van der Waals surface area contributed by atoms with Crippen LogP contribution in [0.5, 0.6) is 0 Å². The number of hydrogen-bond acceptors (Lipinski definition) is 5. The SMILES string of the molecule is CC(C)(C)OC(=O)N[C@@H](CCCCCC1C[C@@H](C(=O)O)CCC1(Cl)Cl)C(=O)N1CCC[C@H]1C(N)=O. The molecule has 2 rings (SSSR count). The molecule has 4 atom stereocenters. The topological polar surface area (TPSA) is 139 Å². The molecule has 1 aliphatic heterocycles. The van der Waals surface area contributed by atoms with Gasteiger partial charge in [0, 0.05) is 6.54 Å². The molecule has 0 bridgehead atoms. The van der Waals surface area contributed by atoms with Gasteiger partial charge in [-0.1, -0.05) is 19.3 Å². The number of aliphatic carboxylic acids is 1. The Bertz CT molecular complexity index is 786. The van der Waals surface area contributed by atoms with Gasteiger partial charge in [0.15, 0.2) is 0 Å². The van der Waals surface area contributed by atoms with Crippen molar-refractivity contribution >= 4 is 47.1 Å². The Balaban J connectivity index is 1.94. The average Bonchev–Trinajstić information content (AvgIpc) is 3.21. The molecule has 1 heterocycles. The van der Waals surface area contributed by atoms with E-state index in [2.05, 4.69) is 5.32 Å². The Morgan fingerprint density at radius 2 is 1.86 bits per heavy atom. The largest absolute Gasteiger partial charge is 0.481 e. The molecule has 2 aliphatic rings. The van der Waals surface area contributed by atoms with Crippen molar-refractivity contribution in [2.75, 3.05) is 6.54 Å². The number of unbranched alkanes of at least 4 members (excludes halogenated alkanes) is 2. The number of carbonyl (C=O) groups is 4. The molecular formula is C24H39Cl2N3O6. The number of ether oxygens (including phenoxy) is 1. The van der Waals surface area contributed by atoms with Gasteiger partial charge < -0.3 is 25.8 Å². The zero-order chi connectivity index (χ0) is 26.4. The summed E-state index contributed by atoms with van der Waals surface area (Å²) >= 11 is 12.9. The molecule has 11 heteroatoms. The zero-order valence-corrected chi connectivity index (χ0v) is 22.4. The van der Waals surface area contributed by atoms with Crippen LogP contribution in [0.1, 0.15) is 85.0 Å². The van der Waals surface area contributed by atoms with E-state index in [1.807, 2.05) is 0 Å². The second kappa shape index (κ2) is 12.5. The maximum absolute atomic E-state index is 13.2. The Hall–Kier alpha value is -1.74. The van der Waals surface area contributed by atoms with E-state index in [0.29, 0.717) is 57.9 Å². The van der Waals surface area contributed by atoms with Crippen LogP contribution in [0, 0.1) is 11.8 Å². The van der Waals surface area contributed by atoms with Gasteiger partial charge in [-0.15, -0.1) is 23.2 Å². The molecule has 0 radical (unpaired) electrons. The van der Waals surface area contributed by atoms with E-state index in [9.17, 15) is 24.3 Å². The highest BCUT2D eigenvalue weighted by molar-refractivity contribution is 6.48. The molecule has 9 nitrogen and oxygen atoms in total. The van der Waals surface area contributed by atoms with Gasteiger partial charge in [0.1, 0.15) is 22.0 Å². The number of rotatable bonds is 10. The van der Waals surface area contributed by atoms with Crippen LogP contribution in [0.3, 0.4) is 0 Å². The van der Waals surface area contributed by atoms with Crippen LogP contribution in [0.25, 0.3) is 0 Å². The number of likely N-dealkylation sites (tertiary alicyclic amines) is 1. The normalized spacial score (nSPS) is 25.1. The van der Waals surface area contributed by atoms with Crippen LogP contribution in [-0.4, -0.2) is 62.4 Å². The van der Waals surface area contributed by atoms with Crippen molar-refractivity contribution in [2.45, 2.75) is 107 Å². The third kappa shape index (κ3) is 9.01. The number of primary amides is 1. The van der Waals surface area contributed by atoms with Crippen LogP contribution in [-0.2, 0) is 19.1 Å². The van der Waals surface area contributed by atoms with Crippen LogP contribution in [0.2, 0.25) is 0 Å². The van der Waals surface area contributed by atoms with Crippen molar-refractivity contribution in [3.05, 3.63) is 0 Å². The molecule has 0 aromatic heterocycles. The molecule has 0 aromatic rings. The smallest absolute Gasteiger partial charge is 0.408 e.